The second-order valence-electron chi connectivity index (χ2n) is 6.70. The van der Waals surface area contributed by atoms with Crippen LogP contribution in [0, 0.1) is 13.8 Å². The maximum absolute atomic E-state index is 11.2. The molecule has 1 heterocycles. The molecule has 0 radical (unpaired) electrons. The highest BCUT2D eigenvalue weighted by molar-refractivity contribution is 5.36. The first-order valence-electron chi connectivity index (χ1n) is 8.14. The van der Waals surface area contributed by atoms with E-state index in [1.165, 1.54) is 49.9 Å². The van der Waals surface area contributed by atoms with E-state index in [1.54, 1.807) is 0 Å². The smallest absolute Gasteiger partial charge is 0.0976 e. The quantitative estimate of drug-likeness (QED) is 0.906. The van der Waals surface area contributed by atoms with Crippen LogP contribution >= 0.6 is 0 Å². The molecular formula is C18H27NO. The van der Waals surface area contributed by atoms with Crippen molar-refractivity contribution in [3.05, 3.63) is 34.9 Å². The standard InChI is InChI=1S/C18H27NO/c1-14-8-7-9-16(15(14)2)17(20)18(10-3-4-11-18)19-12-5-6-13-19/h7-9,17,20H,3-6,10-13H2,1-2H3. The topological polar surface area (TPSA) is 23.5 Å². The van der Waals surface area contributed by atoms with Gasteiger partial charge in [-0.15, -0.1) is 0 Å². The largest absolute Gasteiger partial charge is 0.386 e. The lowest BCUT2D eigenvalue weighted by molar-refractivity contribution is -0.0199. The summed E-state index contributed by atoms with van der Waals surface area (Å²) in [6, 6.07) is 6.36. The van der Waals surface area contributed by atoms with Crippen LogP contribution in [0.25, 0.3) is 0 Å². The Morgan fingerprint density at radius 1 is 1.05 bits per heavy atom. The zero-order valence-electron chi connectivity index (χ0n) is 12.9. The molecule has 2 nitrogen and oxygen atoms in total. The third-order valence-electron chi connectivity index (χ3n) is 5.66. The average molecular weight is 273 g/mol. The second-order valence-corrected chi connectivity index (χ2v) is 6.70. The Morgan fingerprint density at radius 3 is 2.35 bits per heavy atom. The van der Waals surface area contributed by atoms with Gasteiger partial charge in [0.25, 0.3) is 0 Å². The number of hydrogen-bond donors (Lipinski definition) is 1. The molecule has 110 valence electrons. The van der Waals surface area contributed by atoms with Crippen LogP contribution in [-0.2, 0) is 0 Å². The Balaban J connectivity index is 1.96. The normalized spacial score (nSPS) is 24.1. The van der Waals surface area contributed by atoms with Crippen LogP contribution in [0.4, 0.5) is 0 Å². The van der Waals surface area contributed by atoms with E-state index < -0.39 is 0 Å². The first-order valence-corrected chi connectivity index (χ1v) is 8.14. The van der Waals surface area contributed by atoms with E-state index in [0.717, 1.165) is 18.4 Å². The Morgan fingerprint density at radius 2 is 1.70 bits per heavy atom. The molecule has 1 aromatic carbocycles. The lowest BCUT2D eigenvalue weighted by Crippen LogP contribution is -2.49. The van der Waals surface area contributed by atoms with Gasteiger partial charge < -0.3 is 5.11 Å². The van der Waals surface area contributed by atoms with Crippen LogP contribution in [0.1, 0.15) is 61.3 Å². The van der Waals surface area contributed by atoms with Crippen molar-refractivity contribution in [3.8, 4) is 0 Å². The lowest BCUT2D eigenvalue weighted by Gasteiger charge is -2.43. The molecule has 1 aromatic rings. The number of aliphatic hydroxyl groups is 1. The summed E-state index contributed by atoms with van der Waals surface area (Å²) in [6.45, 7) is 6.63. The summed E-state index contributed by atoms with van der Waals surface area (Å²) < 4.78 is 0. The van der Waals surface area contributed by atoms with Gasteiger partial charge in [-0.2, -0.15) is 0 Å². The van der Waals surface area contributed by atoms with E-state index in [1.807, 2.05) is 0 Å². The average Bonchev–Trinajstić information content (AvgIpc) is 3.12. The van der Waals surface area contributed by atoms with E-state index >= 15 is 0 Å². The van der Waals surface area contributed by atoms with Crippen LogP contribution in [0.15, 0.2) is 18.2 Å². The van der Waals surface area contributed by atoms with Crippen molar-refractivity contribution in [3.63, 3.8) is 0 Å². The Bertz CT molecular complexity index is 470. The van der Waals surface area contributed by atoms with Crippen LogP contribution < -0.4 is 0 Å². The van der Waals surface area contributed by atoms with Gasteiger partial charge in [0, 0.05) is 0 Å². The van der Waals surface area contributed by atoms with E-state index in [4.69, 9.17) is 0 Å². The molecule has 1 saturated heterocycles. The molecule has 0 amide bonds. The van der Waals surface area contributed by atoms with Crippen molar-refractivity contribution in [2.24, 2.45) is 0 Å². The molecule has 0 spiro atoms. The highest BCUT2D eigenvalue weighted by Crippen LogP contribution is 2.46. The number of aliphatic hydroxyl groups excluding tert-OH is 1. The maximum Gasteiger partial charge on any atom is 0.0976 e. The molecule has 0 aromatic heterocycles. The molecule has 0 bridgehead atoms. The predicted octanol–water partition coefficient (Wildman–Crippen LogP) is 3.75. The zero-order valence-corrected chi connectivity index (χ0v) is 12.9. The van der Waals surface area contributed by atoms with Crippen LogP contribution in [-0.4, -0.2) is 28.6 Å². The minimum Gasteiger partial charge on any atom is -0.386 e. The molecule has 2 aliphatic rings. The first kappa shape index (κ1) is 14.1. The summed E-state index contributed by atoms with van der Waals surface area (Å²) in [5.41, 5.74) is 3.72. The second kappa shape index (κ2) is 5.50. The van der Waals surface area contributed by atoms with Gasteiger partial charge in [-0.3, -0.25) is 4.90 Å². The molecule has 1 aliphatic heterocycles. The van der Waals surface area contributed by atoms with Crippen LogP contribution in [0.2, 0.25) is 0 Å². The number of nitrogens with zero attached hydrogens (tertiary/aromatic N) is 1. The fraction of sp³-hybridized carbons (Fsp3) is 0.667. The van der Waals surface area contributed by atoms with Gasteiger partial charge in [0.05, 0.1) is 11.6 Å². The third kappa shape index (κ3) is 2.19. The molecule has 2 fully saturated rings. The molecule has 1 atom stereocenters. The summed E-state index contributed by atoms with van der Waals surface area (Å²) in [4.78, 5) is 2.59. The first-order chi connectivity index (χ1) is 9.65. The van der Waals surface area contributed by atoms with E-state index in [2.05, 4.69) is 36.9 Å². The highest BCUT2D eigenvalue weighted by Gasteiger charge is 2.46. The van der Waals surface area contributed by atoms with Gasteiger partial charge in [0.2, 0.25) is 0 Å². The van der Waals surface area contributed by atoms with Crippen molar-refractivity contribution in [1.29, 1.82) is 0 Å². The van der Waals surface area contributed by atoms with Gasteiger partial charge >= 0.3 is 0 Å². The van der Waals surface area contributed by atoms with E-state index in [-0.39, 0.29) is 11.6 Å². The molecule has 3 rings (SSSR count). The SMILES string of the molecule is Cc1cccc(C(O)C2(N3CCCC3)CCCC2)c1C. The summed E-state index contributed by atoms with van der Waals surface area (Å²) in [5, 5.41) is 11.2. The van der Waals surface area contributed by atoms with Crippen LogP contribution in [0.5, 0.6) is 0 Å². The Hall–Kier alpha value is -0.860. The molecule has 1 N–H and O–H groups in total. The third-order valence-corrected chi connectivity index (χ3v) is 5.66. The van der Waals surface area contributed by atoms with Crippen LogP contribution in [0.3, 0.4) is 0 Å². The van der Waals surface area contributed by atoms with Gasteiger partial charge in [-0.05, 0) is 69.3 Å². The van der Waals surface area contributed by atoms with Crippen molar-refractivity contribution in [1.82, 2.24) is 4.90 Å². The predicted molar refractivity (Wildman–Crippen MR) is 82.9 cm³/mol. The molecule has 1 aliphatic carbocycles. The summed E-state index contributed by atoms with van der Waals surface area (Å²) in [6.07, 6.45) is 7.09. The Kier molecular flexibility index (Phi) is 3.87. The number of aryl methyl sites for hydroxylation is 1. The minimum atomic E-state index is -0.331. The Labute approximate surface area is 122 Å². The molecule has 1 unspecified atom stereocenters. The van der Waals surface area contributed by atoms with Gasteiger partial charge in [0.15, 0.2) is 0 Å². The highest BCUT2D eigenvalue weighted by atomic mass is 16.3. The van der Waals surface area contributed by atoms with Crippen molar-refractivity contribution < 1.29 is 5.11 Å². The zero-order chi connectivity index (χ0) is 14.2. The maximum atomic E-state index is 11.2. The fourth-order valence-corrected chi connectivity index (χ4v) is 4.27. The van der Waals surface area contributed by atoms with E-state index in [0.29, 0.717) is 0 Å². The molecule has 2 heteroatoms. The van der Waals surface area contributed by atoms with Crippen molar-refractivity contribution in [2.45, 2.75) is 64.0 Å². The molecule has 1 saturated carbocycles. The number of hydrogen-bond acceptors (Lipinski definition) is 2. The van der Waals surface area contributed by atoms with Gasteiger partial charge in [-0.25, -0.2) is 0 Å². The number of likely N-dealkylation sites (tertiary alicyclic amines) is 1. The number of benzene rings is 1. The number of rotatable bonds is 3. The van der Waals surface area contributed by atoms with Gasteiger partial charge in [-0.1, -0.05) is 31.0 Å². The lowest BCUT2D eigenvalue weighted by atomic mass is 9.82. The van der Waals surface area contributed by atoms with Crippen molar-refractivity contribution in [2.75, 3.05) is 13.1 Å². The fourth-order valence-electron chi connectivity index (χ4n) is 4.27. The molecule has 20 heavy (non-hydrogen) atoms. The van der Waals surface area contributed by atoms with Gasteiger partial charge in [0.1, 0.15) is 0 Å². The molecular weight excluding hydrogens is 246 g/mol. The summed E-state index contributed by atoms with van der Waals surface area (Å²) in [5.74, 6) is 0. The summed E-state index contributed by atoms with van der Waals surface area (Å²) >= 11 is 0. The van der Waals surface area contributed by atoms with E-state index in [9.17, 15) is 5.11 Å². The monoisotopic (exact) mass is 273 g/mol. The minimum absolute atomic E-state index is 0.00898. The summed E-state index contributed by atoms with van der Waals surface area (Å²) in [7, 11) is 0. The van der Waals surface area contributed by atoms with Crippen molar-refractivity contribution >= 4 is 0 Å².